The summed E-state index contributed by atoms with van der Waals surface area (Å²) in [6.07, 6.45) is 0. The van der Waals surface area contributed by atoms with Crippen molar-refractivity contribution in [3.63, 3.8) is 0 Å². The summed E-state index contributed by atoms with van der Waals surface area (Å²) in [5, 5.41) is 15.2. The van der Waals surface area contributed by atoms with Gasteiger partial charge in [-0.3, -0.25) is 47.9 Å². The summed E-state index contributed by atoms with van der Waals surface area (Å²) in [5.74, 6) is -3.96. The maximum Gasteiger partial charge on any atom is 1.00 e. The maximum atomic E-state index is 12.9. The molecule has 2 saturated heterocycles. The van der Waals surface area contributed by atoms with Crippen molar-refractivity contribution in [3.05, 3.63) is 35.4 Å². The molecule has 278 valence electrons. The fourth-order valence-electron chi connectivity index (χ4n) is 5.54. The van der Waals surface area contributed by atoms with Crippen molar-refractivity contribution in [3.8, 4) is 11.1 Å². The number of hydrogen-bond acceptors (Lipinski definition) is 14. The molecule has 2 fully saturated rings. The van der Waals surface area contributed by atoms with E-state index in [1.807, 2.05) is 0 Å². The van der Waals surface area contributed by atoms with E-state index >= 15 is 0 Å². The van der Waals surface area contributed by atoms with Crippen molar-refractivity contribution in [2.75, 3.05) is 26.2 Å². The average Bonchev–Trinajstić information content (AvgIpc) is 3.05. The number of imide groups is 4. The van der Waals surface area contributed by atoms with E-state index in [1.165, 1.54) is 53.7 Å². The van der Waals surface area contributed by atoms with Crippen LogP contribution in [0, 0.1) is 13.8 Å². The largest absolute Gasteiger partial charge is 1.00 e. The van der Waals surface area contributed by atoms with E-state index in [1.54, 1.807) is 0 Å². The smallest absolute Gasteiger partial charge is 0.282 e. The zero-order chi connectivity index (χ0) is 39.0. The Labute approximate surface area is 326 Å². The first-order valence-electron chi connectivity index (χ1n) is 15.6. The third-order valence-corrected chi connectivity index (χ3v) is 9.89. The van der Waals surface area contributed by atoms with E-state index < -0.39 is 89.2 Å². The van der Waals surface area contributed by atoms with Gasteiger partial charge in [-0.25, -0.2) is 9.59 Å². The Morgan fingerprint density at radius 1 is 0.547 bits per heavy atom. The minimum absolute atomic E-state index is 0. The average molecular weight is 786 g/mol. The Bertz CT molecular complexity index is 1990. The Hall–Kier alpha value is -4.32. The molecule has 2 heterocycles. The van der Waals surface area contributed by atoms with Gasteiger partial charge in [0.25, 0.3) is 43.9 Å². The Kier molecular flexibility index (Phi) is 13.3. The minimum Gasteiger partial charge on any atom is -0.282 e. The topological polar surface area (TPSA) is 274 Å². The number of carbonyl (C=O) groups is 6. The van der Waals surface area contributed by atoms with Crippen molar-refractivity contribution < 1.29 is 84.3 Å². The zero-order valence-corrected chi connectivity index (χ0v) is 33.3. The Morgan fingerprint density at radius 2 is 0.811 bits per heavy atom. The van der Waals surface area contributed by atoms with Crippen molar-refractivity contribution in [2.24, 2.45) is 20.5 Å². The first-order chi connectivity index (χ1) is 24.2. The number of barbiturate groups is 2. The second kappa shape index (κ2) is 16.4. The van der Waals surface area contributed by atoms with Gasteiger partial charge >= 0.3 is 41.6 Å². The SMILES string of the molecule is CCN1C(=O)C(N=Nc2c(C)cc(-c3cc(C)c(N=NC4C(=O)N(CC)C(=O)N(CC)C4=O)c(S(=O)(=O)O)c3)cc2S(=O)(=O)O)C(=O)N(CC)C1=O.[Na+]. The van der Waals surface area contributed by atoms with E-state index in [0.717, 1.165) is 31.7 Å². The number of azo groups is 2. The summed E-state index contributed by atoms with van der Waals surface area (Å²) in [7, 11) is -10.2. The van der Waals surface area contributed by atoms with Crippen LogP contribution in [0.3, 0.4) is 0 Å². The Balaban J connectivity index is 0.00000756. The van der Waals surface area contributed by atoms with Crippen LogP contribution in [0.25, 0.3) is 11.1 Å². The molecule has 2 aliphatic heterocycles. The van der Waals surface area contributed by atoms with Crippen molar-refractivity contribution in [1.29, 1.82) is 0 Å². The molecule has 20 nitrogen and oxygen atoms in total. The number of aryl methyl sites for hydroxylation is 2. The zero-order valence-electron chi connectivity index (χ0n) is 29.7. The molecule has 23 heteroatoms. The third kappa shape index (κ3) is 8.27. The van der Waals surface area contributed by atoms with Gasteiger partial charge in [0.15, 0.2) is 0 Å². The molecule has 2 N–H and O–H groups in total. The molecule has 0 aromatic heterocycles. The van der Waals surface area contributed by atoms with E-state index in [9.17, 15) is 54.7 Å². The summed E-state index contributed by atoms with van der Waals surface area (Å²) in [4.78, 5) is 77.9. The molecule has 2 aromatic rings. The molecule has 2 aromatic carbocycles. The number of nitrogens with zero attached hydrogens (tertiary/aromatic N) is 8. The number of rotatable bonds is 11. The molecule has 0 spiro atoms. The summed E-state index contributed by atoms with van der Waals surface area (Å²) < 4.78 is 70.5. The van der Waals surface area contributed by atoms with Gasteiger partial charge in [-0.1, -0.05) is 0 Å². The van der Waals surface area contributed by atoms with Gasteiger partial charge in [-0.05, 0) is 88.1 Å². The second-order valence-corrected chi connectivity index (χ2v) is 14.1. The van der Waals surface area contributed by atoms with Crippen molar-refractivity contribution in [1.82, 2.24) is 19.6 Å². The van der Waals surface area contributed by atoms with Crippen LogP contribution in [0.1, 0.15) is 38.8 Å². The summed E-state index contributed by atoms with van der Waals surface area (Å²) in [6, 6.07) is -0.933. The van der Waals surface area contributed by atoms with Gasteiger partial charge in [-0.15, -0.1) is 0 Å². The van der Waals surface area contributed by atoms with Crippen LogP contribution in [-0.4, -0.2) is 119 Å². The van der Waals surface area contributed by atoms with Crippen LogP contribution >= 0.6 is 0 Å². The second-order valence-electron chi connectivity index (χ2n) is 11.4. The Morgan fingerprint density at radius 3 is 1.04 bits per heavy atom. The molecule has 0 atom stereocenters. The maximum absolute atomic E-state index is 12.9. The van der Waals surface area contributed by atoms with Crippen LogP contribution < -0.4 is 29.6 Å². The molecular formula is C30H34N8NaO12S2+. The normalized spacial score (nSPS) is 16.9. The number of urea groups is 2. The first-order valence-corrected chi connectivity index (χ1v) is 18.5. The van der Waals surface area contributed by atoms with E-state index in [2.05, 4.69) is 20.5 Å². The molecule has 0 aliphatic carbocycles. The molecule has 0 radical (unpaired) electrons. The predicted molar refractivity (Wildman–Crippen MR) is 178 cm³/mol. The van der Waals surface area contributed by atoms with Gasteiger partial charge < -0.3 is 0 Å². The summed E-state index contributed by atoms with van der Waals surface area (Å²) >= 11 is 0. The van der Waals surface area contributed by atoms with E-state index in [-0.39, 0.29) is 78.0 Å². The van der Waals surface area contributed by atoms with Crippen molar-refractivity contribution >= 4 is 67.3 Å². The van der Waals surface area contributed by atoms with E-state index in [0.29, 0.717) is 0 Å². The standard InChI is InChI=1S/C30H34N8O12S2.Na/c1-7-35-25(39)23(26(40)36(8-2)29(35)43)33-31-21-15(5)11-17(13-19(21)51(45,46)47)18-12-16(6)22(20(14-18)52(48,49)50)32-34-24-27(41)37(9-3)30(44)38(10-4)28(24)42;/h11-14,23-24H,7-10H2,1-6H3,(H,45,46,47)(H,48,49,50);/q;+1. The molecule has 0 unspecified atom stereocenters. The fourth-order valence-corrected chi connectivity index (χ4v) is 6.98. The van der Waals surface area contributed by atoms with Gasteiger partial charge in [0.05, 0.1) is 0 Å². The van der Waals surface area contributed by atoms with Crippen LogP contribution in [-0.2, 0) is 39.4 Å². The molecule has 0 bridgehead atoms. The number of carbonyl (C=O) groups excluding carboxylic acids is 6. The monoisotopic (exact) mass is 785 g/mol. The molecule has 0 saturated carbocycles. The van der Waals surface area contributed by atoms with E-state index in [4.69, 9.17) is 0 Å². The number of amides is 8. The van der Waals surface area contributed by atoms with Gasteiger partial charge in [0.1, 0.15) is 21.2 Å². The molecule has 8 amide bonds. The van der Waals surface area contributed by atoms with Crippen molar-refractivity contribution in [2.45, 2.75) is 63.4 Å². The van der Waals surface area contributed by atoms with Gasteiger partial charge in [0.2, 0.25) is 12.1 Å². The third-order valence-electron chi connectivity index (χ3n) is 8.15. The van der Waals surface area contributed by atoms with Crippen LogP contribution in [0.4, 0.5) is 21.0 Å². The van der Waals surface area contributed by atoms with Crippen LogP contribution in [0.5, 0.6) is 0 Å². The number of hydrogen-bond donors (Lipinski definition) is 2. The van der Waals surface area contributed by atoms with Gasteiger partial charge in [-0.2, -0.15) is 37.3 Å². The number of benzene rings is 2. The molecular weight excluding hydrogens is 751 g/mol. The predicted octanol–water partition coefficient (Wildman–Crippen LogP) is 0.0336. The number of likely N-dealkylation sites (N-methyl/N-ethyl adjacent to an activating group) is 4. The van der Waals surface area contributed by atoms with Crippen LogP contribution in [0.2, 0.25) is 0 Å². The minimum atomic E-state index is -5.11. The summed E-state index contributed by atoms with van der Waals surface area (Å²) in [6.45, 7) is 8.34. The first kappa shape index (κ1) is 43.1. The molecule has 4 rings (SSSR count). The molecule has 2 aliphatic rings. The van der Waals surface area contributed by atoms with Crippen LogP contribution in [0.15, 0.2) is 54.5 Å². The van der Waals surface area contributed by atoms with Gasteiger partial charge in [0, 0.05) is 26.2 Å². The molecule has 53 heavy (non-hydrogen) atoms. The summed E-state index contributed by atoms with van der Waals surface area (Å²) in [5.41, 5.74) is -0.985. The fraction of sp³-hybridized carbons (Fsp3) is 0.400. The quantitative estimate of drug-likeness (QED) is 0.132.